The third-order valence-electron chi connectivity index (χ3n) is 3.94. The van der Waals surface area contributed by atoms with E-state index in [4.69, 9.17) is 5.11 Å². The maximum Gasteiger partial charge on any atom is 0.317 e. The minimum atomic E-state index is -0.826. The van der Waals surface area contributed by atoms with Gasteiger partial charge in [-0.1, -0.05) is 6.42 Å². The SMILES string of the molecule is Cc1cc(Nc2cnccn2)nc(C2CCCCN2CC(=O)O)n1. The van der Waals surface area contributed by atoms with E-state index in [1.807, 2.05) is 17.9 Å². The van der Waals surface area contributed by atoms with Crippen molar-refractivity contribution in [2.45, 2.75) is 32.2 Å². The van der Waals surface area contributed by atoms with Gasteiger partial charge in [-0.25, -0.2) is 15.0 Å². The van der Waals surface area contributed by atoms with Crippen LogP contribution >= 0.6 is 0 Å². The van der Waals surface area contributed by atoms with Crippen molar-refractivity contribution in [1.82, 2.24) is 24.8 Å². The van der Waals surface area contributed by atoms with E-state index in [9.17, 15) is 4.79 Å². The predicted octanol–water partition coefficient (Wildman–Crippen LogP) is 1.93. The highest BCUT2D eigenvalue weighted by molar-refractivity contribution is 5.69. The minimum Gasteiger partial charge on any atom is -0.480 e. The van der Waals surface area contributed by atoms with Crippen LogP contribution in [0.3, 0.4) is 0 Å². The second-order valence-electron chi connectivity index (χ2n) is 5.84. The molecule has 1 aliphatic rings. The first-order valence-electron chi connectivity index (χ1n) is 7.96. The monoisotopic (exact) mass is 328 g/mol. The molecule has 0 aromatic carbocycles. The molecule has 24 heavy (non-hydrogen) atoms. The number of likely N-dealkylation sites (tertiary alicyclic amines) is 1. The third-order valence-corrected chi connectivity index (χ3v) is 3.94. The van der Waals surface area contributed by atoms with Gasteiger partial charge >= 0.3 is 5.97 Å². The van der Waals surface area contributed by atoms with E-state index in [1.54, 1.807) is 18.6 Å². The first-order chi connectivity index (χ1) is 11.6. The van der Waals surface area contributed by atoms with Crippen molar-refractivity contribution in [1.29, 1.82) is 0 Å². The molecule has 1 unspecified atom stereocenters. The highest BCUT2D eigenvalue weighted by Gasteiger charge is 2.28. The lowest BCUT2D eigenvalue weighted by Crippen LogP contribution is -2.38. The van der Waals surface area contributed by atoms with Crippen LogP contribution in [0.15, 0.2) is 24.7 Å². The van der Waals surface area contributed by atoms with Gasteiger partial charge in [0.2, 0.25) is 0 Å². The van der Waals surface area contributed by atoms with Crippen LogP contribution < -0.4 is 5.32 Å². The number of hydrogen-bond acceptors (Lipinski definition) is 7. The first kappa shape index (κ1) is 16.3. The van der Waals surface area contributed by atoms with Crippen molar-refractivity contribution in [2.24, 2.45) is 0 Å². The molecule has 3 heterocycles. The topological polar surface area (TPSA) is 104 Å². The molecular weight excluding hydrogens is 308 g/mol. The Morgan fingerprint density at radius 3 is 2.96 bits per heavy atom. The van der Waals surface area contributed by atoms with Crippen molar-refractivity contribution in [3.8, 4) is 0 Å². The number of rotatable bonds is 5. The molecule has 0 aliphatic carbocycles. The number of hydrogen-bond donors (Lipinski definition) is 2. The Morgan fingerprint density at radius 2 is 2.21 bits per heavy atom. The van der Waals surface area contributed by atoms with Gasteiger partial charge < -0.3 is 10.4 Å². The zero-order valence-electron chi connectivity index (χ0n) is 13.5. The Kier molecular flexibility index (Phi) is 4.95. The Balaban J connectivity index is 1.85. The van der Waals surface area contributed by atoms with E-state index in [-0.39, 0.29) is 12.6 Å². The van der Waals surface area contributed by atoms with Gasteiger partial charge in [-0.15, -0.1) is 0 Å². The molecule has 2 aromatic rings. The molecule has 1 aliphatic heterocycles. The lowest BCUT2D eigenvalue weighted by molar-refractivity contribution is -0.139. The van der Waals surface area contributed by atoms with Gasteiger partial charge in [0.25, 0.3) is 0 Å². The molecule has 0 spiro atoms. The van der Waals surface area contributed by atoms with Gasteiger partial charge in [-0.05, 0) is 26.3 Å². The fourth-order valence-electron chi connectivity index (χ4n) is 2.95. The van der Waals surface area contributed by atoms with Crippen molar-refractivity contribution < 1.29 is 9.90 Å². The van der Waals surface area contributed by atoms with Gasteiger partial charge in [-0.3, -0.25) is 14.7 Å². The summed E-state index contributed by atoms with van der Waals surface area (Å²) in [6, 6.07) is 1.76. The molecule has 8 nitrogen and oxygen atoms in total. The van der Waals surface area contributed by atoms with Gasteiger partial charge in [-0.2, -0.15) is 0 Å². The van der Waals surface area contributed by atoms with E-state index in [0.717, 1.165) is 31.5 Å². The van der Waals surface area contributed by atoms with E-state index in [2.05, 4.69) is 25.3 Å². The summed E-state index contributed by atoms with van der Waals surface area (Å²) in [5.74, 6) is 1.07. The summed E-state index contributed by atoms with van der Waals surface area (Å²) in [6.45, 7) is 2.66. The number of anilines is 2. The van der Waals surface area contributed by atoms with Crippen molar-refractivity contribution in [3.05, 3.63) is 36.2 Å². The van der Waals surface area contributed by atoms with Crippen LogP contribution in [0.5, 0.6) is 0 Å². The molecule has 1 atom stereocenters. The quantitative estimate of drug-likeness (QED) is 0.858. The van der Waals surface area contributed by atoms with E-state index in [0.29, 0.717) is 17.5 Å². The summed E-state index contributed by atoms with van der Waals surface area (Å²) < 4.78 is 0. The van der Waals surface area contributed by atoms with Crippen LogP contribution in [-0.4, -0.2) is 49.0 Å². The van der Waals surface area contributed by atoms with Crippen LogP contribution in [0, 0.1) is 6.92 Å². The Hall–Kier alpha value is -2.61. The van der Waals surface area contributed by atoms with Gasteiger partial charge in [0.15, 0.2) is 0 Å². The fraction of sp³-hybridized carbons (Fsp3) is 0.438. The Bertz CT molecular complexity index is 709. The Labute approximate surface area is 140 Å². The highest BCUT2D eigenvalue weighted by Crippen LogP contribution is 2.29. The average Bonchev–Trinajstić information content (AvgIpc) is 2.55. The van der Waals surface area contributed by atoms with E-state index >= 15 is 0 Å². The third kappa shape index (κ3) is 4.02. The largest absolute Gasteiger partial charge is 0.480 e. The van der Waals surface area contributed by atoms with Crippen LogP contribution in [0.25, 0.3) is 0 Å². The van der Waals surface area contributed by atoms with Crippen LogP contribution in [0.4, 0.5) is 11.6 Å². The van der Waals surface area contributed by atoms with E-state index < -0.39 is 5.97 Å². The fourth-order valence-corrected chi connectivity index (χ4v) is 2.95. The zero-order valence-corrected chi connectivity index (χ0v) is 13.5. The number of aryl methyl sites for hydroxylation is 1. The summed E-state index contributed by atoms with van der Waals surface area (Å²) in [6.07, 6.45) is 7.74. The molecule has 0 radical (unpaired) electrons. The molecule has 0 bridgehead atoms. The maximum atomic E-state index is 11.1. The summed E-state index contributed by atoms with van der Waals surface area (Å²) in [5, 5.41) is 12.2. The number of carboxylic acid groups (broad SMARTS) is 1. The predicted molar refractivity (Wildman–Crippen MR) is 87.9 cm³/mol. The Morgan fingerprint density at radius 1 is 1.33 bits per heavy atom. The minimum absolute atomic E-state index is 0.00882. The zero-order chi connectivity index (χ0) is 16.9. The second kappa shape index (κ2) is 7.31. The summed E-state index contributed by atoms with van der Waals surface area (Å²) in [4.78, 5) is 30.4. The molecule has 2 aromatic heterocycles. The molecule has 3 rings (SSSR count). The summed E-state index contributed by atoms with van der Waals surface area (Å²) in [7, 11) is 0. The molecule has 0 amide bonds. The highest BCUT2D eigenvalue weighted by atomic mass is 16.4. The number of aliphatic carboxylic acids is 1. The molecule has 0 saturated carbocycles. The van der Waals surface area contributed by atoms with Crippen molar-refractivity contribution in [2.75, 3.05) is 18.4 Å². The molecular formula is C16H20N6O2. The number of piperidine rings is 1. The summed E-state index contributed by atoms with van der Waals surface area (Å²) in [5.41, 5.74) is 0.826. The average molecular weight is 328 g/mol. The number of carboxylic acids is 1. The molecule has 8 heteroatoms. The van der Waals surface area contributed by atoms with Gasteiger partial charge in [0, 0.05) is 24.2 Å². The molecule has 1 saturated heterocycles. The lowest BCUT2D eigenvalue weighted by Gasteiger charge is -2.33. The molecule has 2 N–H and O–H groups in total. The standard InChI is InChI=1S/C16H20N6O2/c1-11-8-13(20-14-9-17-5-6-18-14)21-16(19-11)12-4-2-3-7-22(12)10-15(23)24/h5-6,8-9,12H,2-4,7,10H2,1H3,(H,23,24)(H,18,19,20,21). The number of nitrogens with one attached hydrogen (secondary N) is 1. The van der Waals surface area contributed by atoms with Gasteiger partial charge in [0.1, 0.15) is 17.5 Å². The summed E-state index contributed by atoms with van der Waals surface area (Å²) >= 11 is 0. The second-order valence-corrected chi connectivity index (χ2v) is 5.84. The number of carbonyl (C=O) groups is 1. The lowest BCUT2D eigenvalue weighted by atomic mass is 10.0. The van der Waals surface area contributed by atoms with E-state index in [1.165, 1.54) is 0 Å². The maximum absolute atomic E-state index is 11.1. The molecule has 126 valence electrons. The normalized spacial score (nSPS) is 18.3. The number of nitrogens with zero attached hydrogens (tertiary/aromatic N) is 5. The molecule has 1 fully saturated rings. The van der Waals surface area contributed by atoms with Crippen LogP contribution in [0.1, 0.15) is 36.8 Å². The van der Waals surface area contributed by atoms with Crippen molar-refractivity contribution in [3.63, 3.8) is 0 Å². The van der Waals surface area contributed by atoms with Gasteiger partial charge in [0.05, 0.1) is 18.8 Å². The van der Waals surface area contributed by atoms with Crippen LogP contribution in [0.2, 0.25) is 0 Å². The number of aromatic nitrogens is 4. The van der Waals surface area contributed by atoms with Crippen molar-refractivity contribution >= 4 is 17.6 Å². The first-order valence-corrected chi connectivity index (χ1v) is 7.96. The smallest absolute Gasteiger partial charge is 0.317 e. The van der Waals surface area contributed by atoms with Crippen LogP contribution in [-0.2, 0) is 4.79 Å².